The molecule has 2 N–H and O–H groups in total. The maximum absolute atomic E-state index is 12.9. The second-order valence-corrected chi connectivity index (χ2v) is 5.65. The van der Waals surface area contributed by atoms with Crippen LogP contribution >= 0.6 is 0 Å². The van der Waals surface area contributed by atoms with E-state index in [2.05, 4.69) is 10.6 Å². The Balaban J connectivity index is 2.00. The lowest BCUT2D eigenvalue weighted by molar-refractivity contribution is 0.0827. The van der Waals surface area contributed by atoms with Gasteiger partial charge in [-0.25, -0.2) is 9.18 Å². The molecule has 0 aliphatic carbocycles. The summed E-state index contributed by atoms with van der Waals surface area (Å²) in [5.41, 5.74) is 1.80. The van der Waals surface area contributed by atoms with E-state index in [1.807, 2.05) is 0 Å². The molecule has 2 rings (SSSR count). The highest BCUT2D eigenvalue weighted by Gasteiger charge is 2.12. The average Bonchev–Trinajstić information content (AvgIpc) is 2.54. The summed E-state index contributed by atoms with van der Waals surface area (Å²) in [7, 11) is 3.33. The van der Waals surface area contributed by atoms with Crippen LogP contribution in [0.15, 0.2) is 48.5 Å². The van der Waals surface area contributed by atoms with Gasteiger partial charge >= 0.3 is 6.03 Å². The molecular weight excluding hydrogens is 309 g/mol. The maximum Gasteiger partial charge on any atom is 0.319 e. The third kappa shape index (κ3) is 4.55. The fraction of sp³-hybridized carbons (Fsp3) is 0.222. The minimum Gasteiger partial charge on any atom is -0.345 e. The summed E-state index contributed by atoms with van der Waals surface area (Å²) in [5.74, 6) is -0.462. The van der Waals surface area contributed by atoms with Gasteiger partial charge in [0.1, 0.15) is 5.82 Å². The number of anilines is 1. The molecule has 0 aliphatic heterocycles. The molecule has 0 radical (unpaired) electrons. The molecule has 0 bridgehead atoms. The number of carbonyl (C=O) groups excluding carboxylic acids is 2. The van der Waals surface area contributed by atoms with Gasteiger partial charge in [0.25, 0.3) is 5.91 Å². The minimum absolute atomic E-state index is 0.140. The Morgan fingerprint density at radius 1 is 1.08 bits per heavy atom. The van der Waals surface area contributed by atoms with Crippen molar-refractivity contribution in [3.05, 3.63) is 65.5 Å². The van der Waals surface area contributed by atoms with Gasteiger partial charge in [-0.3, -0.25) is 4.79 Å². The topological polar surface area (TPSA) is 61.4 Å². The highest BCUT2D eigenvalue weighted by atomic mass is 19.1. The molecule has 2 aromatic carbocycles. The maximum atomic E-state index is 12.9. The number of hydrogen-bond acceptors (Lipinski definition) is 2. The van der Waals surface area contributed by atoms with Crippen molar-refractivity contribution in [2.45, 2.75) is 13.0 Å². The molecular formula is C18H20FN3O2. The molecule has 6 heteroatoms. The molecule has 126 valence electrons. The van der Waals surface area contributed by atoms with Crippen LogP contribution in [0.4, 0.5) is 14.9 Å². The lowest BCUT2D eigenvalue weighted by atomic mass is 10.1. The van der Waals surface area contributed by atoms with Crippen LogP contribution in [0.2, 0.25) is 0 Å². The van der Waals surface area contributed by atoms with Crippen LogP contribution in [-0.4, -0.2) is 30.9 Å². The van der Waals surface area contributed by atoms with E-state index in [1.165, 1.54) is 17.0 Å². The van der Waals surface area contributed by atoms with Gasteiger partial charge in [-0.1, -0.05) is 18.2 Å². The lowest BCUT2D eigenvalue weighted by Crippen LogP contribution is -2.31. The monoisotopic (exact) mass is 329 g/mol. The molecule has 3 amide bonds. The zero-order valence-corrected chi connectivity index (χ0v) is 13.8. The van der Waals surface area contributed by atoms with E-state index in [0.29, 0.717) is 11.3 Å². The number of urea groups is 1. The normalized spacial score (nSPS) is 11.5. The van der Waals surface area contributed by atoms with E-state index in [-0.39, 0.29) is 17.8 Å². The van der Waals surface area contributed by atoms with Crippen molar-refractivity contribution < 1.29 is 14.0 Å². The number of carbonyl (C=O) groups is 2. The molecule has 0 aliphatic rings. The Labute approximate surface area is 140 Å². The first-order chi connectivity index (χ1) is 11.4. The summed E-state index contributed by atoms with van der Waals surface area (Å²) in [6.07, 6.45) is 0. The Morgan fingerprint density at radius 3 is 2.38 bits per heavy atom. The summed E-state index contributed by atoms with van der Waals surface area (Å²) in [6.45, 7) is 1.80. The number of amides is 3. The Bertz CT molecular complexity index is 729. The van der Waals surface area contributed by atoms with E-state index in [9.17, 15) is 14.0 Å². The SMILES string of the molecule is CC(NC(=O)Nc1cccc(C(=O)N(C)C)c1)c1ccc(F)cc1. The standard InChI is InChI=1S/C18H20FN3O2/c1-12(13-7-9-15(19)10-8-13)20-18(24)21-16-6-4-5-14(11-16)17(23)22(2)3/h4-12H,1-3H3,(H2,20,21,24). The number of nitrogens with one attached hydrogen (secondary N) is 2. The molecule has 0 heterocycles. The Morgan fingerprint density at radius 2 is 1.75 bits per heavy atom. The molecule has 0 saturated heterocycles. The van der Waals surface area contributed by atoms with E-state index in [0.717, 1.165) is 5.56 Å². The van der Waals surface area contributed by atoms with E-state index in [1.54, 1.807) is 57.4 Å². The van der Waals surface area contributed by atoms with Gasteiger partial charge < -0.3 is 15.5 Å². The highest BCUT2D eigenvalue weighted by Crippen LogP contribution is 2.15. The fourth-order valence-corrected chi connectivity index (χ4v) is 2.19. The molecule has 5 nitrogen and oxygen atoms in total. The van der Waals surface area contributed by atoms with Crippen molar-refractivity contribution in [3.63, 3.8) is 0 Å². The van der Waals surface area contributed by atoms with Crippen LogP contribution < -0.4 is 10.6 Å². The predicted molar refractivity (Wildman–Crippen MR) is 91.4 cm³/mol. The zero-order chi connectivity index (χ0) is 17.7. The number of benzene rings is 2. The highest BCUT2D eigenvalue weighted by molar-refractivity contribution is 5.96. The van der Waals surface area contributed by atoms with Gasteiger partial charge in [0.2, 0.25) is 0 Å². The number of nitrogens with zero attached hydrogens (tertiary/aromatic N) is 1. The fourth-order valence-electron chi connectivity index (χ4n) is 2.19. The average molecular weight is 329 g/mol. The van der Waals surface area contributed by atoms with Gasteiger partial charge in [-0.15, -0.1) is 0 Å². The first-order valence-electron chi connectivity index (χ1n) is 7.51. The number of halogens is 1. The van der Waals surface area contributed by atoms with Crippen LogP contribution in [-0.2, 0) is 0 Å². The largest absolute Gasteiger partial charge is 0.345 e. The summed E-state index contributed by atoms with van der Waals surface area (Å²) in [6, 6.07) is 12.0. The quantitative estimate of drug-likeness (QED) is 0.903. The first-order valence-corrected chi connectivity index (χ1v) is 7.51. The lowest BCUT2D eigenvalue weighted by Gasteiger charge is -2.16. The van der Waals surface area contributed by atoms with Crippen LogP contribution in [0.5, 0.6) is 0 Å². The van der Waals surface area contributed by atoms with Crippen molar-refractivity contribution in [2.75, 3.05) is 19.4 Å². The van der Waals surface area contributed by atoms with Gasteiger partial charge in [0, 0.05) is 25.3 Å². The van der Waals surface area contributed by atoms with E-state index in [4.69, 9.17) is 0 Å². The molecule has 2 aromatic rings. The van der Waals surface area contributed by atoms with Crippen LogP contribution in [0, 0.1) is 5.82 Å². The molecule has 0 aromatic heterocycles. The summed E-state index contributed by atoms with van der Waals surface area (Å²) in [4.78, 5) is 25.5. The summed E-state index contributed by atoms with van der Waals surface area (Å²) < 4.78 is 12.9. The first kappa shape index (κ1) is 17.5. The zero-order valence-electron chi connectivity index (χ0n) is 13.8. The molecule has 0 spiro atoms. The summed E-state index contributed by atoms with van der Waals surface area (Å²) >= 11 is 0. The van der Waals surface area contributed by atoms with Crippen molar-refractivity contribution in [1.82, 2.24) is 10.2 Å². The minimum atomic E-state index is -0.402. The van der Waals surface area contributed by atoms with Crippen LogP contribution in [0.25, 0.3) is 0 Å². The Hall–Kier alpha value is -2.89. The Kier molecular flexibility index (Phi) is 5.52. The smallest absolute Gasteiger partial charge is 0.319 e. The molecule has 0 fully saturated rings. The van der Waals surface area contributed by atoms with Crippen molar-refractivity contribution in [3.8, 4) is 0 Å². The van der Waals surface area contributed by atoms with Gasteiger partial charge in [-0.05, 0) is 42.8 Å². The van der Waals surface area contributed by atoms with Crippen molar-refractivity contribution in [1.29, 1.82) is 0 Å². The van der Waals surface area contributed by atoms with Crippen LogP contribution in [0.3, 0.4) is 0 Å². The second kappa shape index (κ2) is 7.59. The second-order valence-electron chi connectivity index (χ2n) is 5.65. The predicted octanol–water partition coefficient (Wildman–Crippen LogP) is 3.41. The molecule has 1 unspecified atom stereocenters. The molecule has 24 heavy (non-hydrogen) atoms. The van der Waals surface area contributed by atoms with Crippen molar-refractivity contribution in [2.24, 2.45) is 0 Å². The van der Waals surface area contributed by atoms with Crippen LogP contribution in [0.1, 0.15) is 28.9 Å². The third-order valence-corrected chi connectivity index (χ3v) is 3.49. The molecule has 1 atom stereocenters. The summed E-state index contributed by atoms with van der Waals surface area (Å²) in [5, 5.41) is 5.46. The van der Waals surface area contributed by atoms with Gasteiger partial charge in [0.05, 0.1) is 6.04 Å². The number of rotatable bonds is 4. The van der Waals surface area contributed by atoms with E-state index >= 15 is 0 Å². The van der Waals surface area contributed by atoms with Gasteiger partial charge in [0.15, 0.2) is 0 Å². The number of hydrogen-bond donors (Lipinski definition) is 2. The van der Waals surface area contributed by atoms with Crippen molar-refractivity contribution >= 4 is 17.6 Å². The molecule has 0 saturated carbocycles. The van der Waals surface area contributed by atoms with E-state index < -0.39 is 6.03 Å². The van der Waals surface area contributed by atoms with Gasteiger partial charge in [-0.2, -0.15) is 0 Å². The third-order valence-electron chi connectivity index (χ3n) is 3.49.